The lowest BCUT2D eigenvalue weighted by Crippen LogP contribution is -2.31. The molecule has 88 valence electrons. The maximum atomic E-state index is 11.9. The molecule has 0 saturated heterocycles. The summed E-state index contributed by atoms with van der Waals surface area (Å²) < 4.78 is 0.313. The van der Waals surface area contributed by atoms with E-state index >= 15 is 0 Å². The molecule has 17 heavy (non-hydrogen) atoms. The largest absolute Gasteiger partial charge is 0.272 e. The number of halogens is 1. The van der Waals surface area contributed by atoms with Crippen LogP contribution in [-0.4, -0.2) is 11.8 Å². The number of carbonyl (C=O) groups is 2. The number of imide groups is 1. The lowest BCUT2D eigenvalue weighted by atomic mass is 10.0. The van der Waals surface area contributed by atoms with Crippen LogP contribution < -0.4 is 4.90 Å². The Morgan fingerprint density at radius 3 is 2.53 bits per heavy atom. The van der Waals surface area contributed by atoms with Crippen molar-refractivity contribution in [3.63, 3.8) is 0 Å². The third-order valence-electron chi connectivity index (χ3n) is 2.80. The van der Waals surface area contributed by atoms with Gasteiger partial charge in [-0.2, -0.15) is 0 Å². The van der Waals surface area contributed by atoms with Crippen LogP contribution in [0.25, 0.3) is 0 Å². The molecule has 0 aromatic heterocycles. The van der Waals surface area contributed by atoms with E-state index in [9.17, 15) is 9.59 Å². The van der Waals surface area contributed by atoms with Crippen LogP contribution in [0.4, 0.5) is 5.69 Å². The molecule has 2 amide bonds. The van der Waals surface area contributed by atoms with E-state index < -0.39 is 0 Å². The zero-order valence-electron chi connectivity index (χ0n) is 9.66. The van der Waals surface area contributed by atoms with Crippen LogP contribution in [0.5, 0.6) is 0 Å². The van der Waals surface area contributed by atoms with Crippen LogP contribution in [0.2, 0.25) is 0 Å². The van der Waals surface area contributed by atoms with E-state index in [1.807, 2.05) is 32.0 Å². The Balaban J connectivity index is 2.56. The van der Waals surface area contributed by atoms with Crippen molar-refractivity contribution in [1.29, 1.82) is 0 Å². The number of rotatable bonds is 2. The van der Waals surface area contributed by atoms with Gasteiger partial charge < -0.3 is 0 Å². The number of carbonyl (C=O) groups excluding carboxylic acids is 2. The predicted octanol–water partition coefficient (Wildman–Crippen LogP) is 2.71. The van der Waals surface area contributed by atoms with E-state index in [-0.39, 0.29) is 11.8 Å². The van der Waals surface area contributed by atoms with Gasteiger partial charge in [0.1, 0.15) is 0 Å². The maximum Gasteiger partial charge on any atom is 0.272 e. The summed E-state index contributed by atoms with van der Waals surface area (Å²) in [5.41, 5.74) is 2.65. The summed E-state index contributed by atoms with van der Waals surface area (Å²) in [6.07, 6.45) is 2.10. The number of benzene rings is 1. The lowest BCUT2D eigenvalue weighted by Gasteiger charge is -2.20. The molecule has 0 N–H and O–H groups in total. The normalized spacial score (nSPS) is 15.5. The highest BCUT2D eigenvalue weighted by molar-refractivity contribution is 9.12. The van der Waals surface area contributed by atoms with Crippen molar-refractivity contribution >= 4 is 33.4 Å². The Bertz CT molecular complexity index is 534. The molecule has 1 aliphatic rings. The molecule has 0 atom stereocenters. The molecule has 0 aliphatic carbocycles. The van der Waals surface area contributed by atoms with Crippen LogP contribution in [0.15, 0.2) is 28.8 Å². The molecule has 2 rings (SSSR count). The zero-order valence-corrected chi connectivity index (χ0v) is 11.2. The Morgan fingerprint density at radius 2 is 2.00 bits per heavy atom. The van der Waals surface area contributed by atoms with Crippen LogP contribution >= 0.6 is 15.9 Å². The van der Waals surface area contributed by atoms with Crippen molar-refractivity contribution in [2.24, 2.45) is 0 Å². The number of anilines is 1. The van der Waals surface area contributed by atoms with Crippen molar-refractivity contribution in [2.45, 2.75) is 20.3 Å². The van der Waals surface area contributed by atoms with Gasteiger partial charge in [-0.3, -0.25) is 9.59 Å². The number of para-hydroxylation sites is 1. The number of nitrogens with zero attached hydrogens (tertiary/aromatic N) is 1. The van der Waals surface area contributed by atoms with E-state index in [0.29, 0.717) is 4.48 Å². The third kappa shape index (κ3) is 1.93. The summed E-state index contributed by atoms with van der Waals surface area (Å²) in [6.45, 7) is 3.91. The number of hydrogen-bond donors (Lipinski definition) is 0. The molecule has 1 aromatic rings. The second-order valence-corrected chi connectivity index (χ2v) is 4.76. The molecular formula is C13H12BrNO2. The fourth-order valence-electron chi connectivity index (χ4n) is 1.98. The van der Waals surface area contributed by atoms with Gasteiger partial charge in [0.05, 0.1) is 10.2 Å². The van der Waals surface area contributed by atoms with Gasteiger partial charge >= 0.3 is 0 Å². The van der Waals surface area contributed by atoms with Gasteiger partial charge in [0.15, 0.2) is 0 Å². The molecule has 1 aromatic carbocycles. The maximum absolute atomic E-state index is 11.9. The van der Waals surface area contributed by atoms with Crippen molar-refractivity contribution in [2.75, 3.05) is 4.90 Å². The van der Waals surface area contributed by atoms with Gasteiger partial charge in [0, 0.05) is 6.08 Å². The van der Waals surface area contributed by atoms with Crippen LogP contribution in [0.3, 0.4) is 0 Å². The highest BCUT2D eigenvalue weighted by Gasteiger charge is 2.32. The molecular weight excluding hydrogens is 282 g/mol. The number of aryl methyl sites for hydroxylation is 2. The molecule has 1 heterocycles. The van der Waals surface area contributed by atoms with Crippen LogP contribution in [-0.2, 0) is 16.0 Å². The van der Waals surface area contributed by atoms with E-state index in [4.69, 9.17) is 0 Å². The quantitative estimate of drug-likeness (QED) is 0.786. The minimum absolute atomic E-state index is 0.286. The van der Waals surface area contributed by atoms with Gasteiger partial charge in [-0.1, -0.05) is 25.1 Å². The predicted molar refractivity (Wildman–Crippen MR) is 70.1 cm³/mol. The fraction of sp³-hybridized carbons (Fsp3) is 0.231. The van der Waals surface area contributed by atoms with Crippen molar-refractivity contribution in [1.82, 2.24) is 0 Å². The Morgan fingerprint density at radius 1 is 1.29 bits per heavy atom. The summed E-state index contributed by atoms with van der Waals surface area (Å²) in [5.74, 6) is -0.579. The highest BCUT2D eigenvalue weighted by atomic mass is 79.9. The van der Waals surface area contributed by atoms with Crippen molar-refractivity contribution < 1.29 is 9.59 Å². The summed E-state index contributed by atoms with van der Waals surface area (Å²) in [7, 11) is 0. The molecule has 0 bridgehead atoms. The molecule has 1 aliphatic heterocycles. The first kappa shape index (κ1) is 12.0. The summed E-state index contributed by atoms with van der Waals surface area (Å²) in [4.78, 5) is 25.0. The Labute approximate surface area is 108 Å². The van der Waals surface area contributed by atoms with Crippen molar-refractivity contribution in [3.8, 4) is 0 Å². The van der Waals surface area contributed by atoms with Gasteiger partial charge in [-0.25, -0.2) is 4.90 Å². The minimum Gasteiger partial charge on any atom is -0.269 e. The SMILES string of the molecule is CCc1cccc(C)c1N1C(=O)C=C(Br)C1=O. The monoisotopic (exact) mass is 293 g/mol. The van der Waals surface area contributed by atoms with E-state index in [2.05, 4.69) is 15.9 Å². The minimum atomic E-state index is -0.293. The van der Waals surface area contributed by atoms with Gasteiger partial charge in [0.2, 0.25) is 0 Å². The average Bonchev–Trinajstić information content (AvgIpc) is 2.54. The molecule has 0 unspecified atom stereocenters. The Hall–Kier alpha value is -1.42. The van der Waals surface area contributed by atoms with Gasteiger partial charge in [0.25, 0.3) is 11.8 Å². The van der Waals surface area contributed by atoms with Crippen molar-refractivity contribution in [3.05, 3.63) is 39.9 Å². The first-order valence-electron chi connectivity index (χ1n) is 5.40. The molecule has 0 radical (unpaired) electrons. The second-order valence-electron chi connectivity index (χ2n) is 3.91. The molecule has 0 spiro atoms. The molecule has 0 saturated carbocycles. The molecule has 3 nitrogen and oxygen atoms in total. The van der Waals surface area contributed by atoms with E-state index in [1.165, 1.54) is 11.0 Å². The van der Waals surface area contributed by atoms with Gasteiger partial charge in [-0.05, 0) is 40.4 Å². The summed E-state index contributed by atoms with van der Waals surface area (Å²) >= 11 is 3.10. The average molecular weight is 294 g/mol. The zero-order chi connectivity index (χ0) is 12.6. The topological polar surface area (TPSA) is 37.4 Å². The lowest BCUT2D eigenvalue weighted by molar-refractivity contribution is -0.120. The molecule has 4 heteroatoms. The standard InChI is InChI=1S/C13H12BrNO2/c1-3-9-6-4-5-8(2)12(9)15-11(16)7-10(14)13(15)17/h4-7H,3H2,1-2H3. The first-order chi connectivity index (χ1) is 8.06. The summed E-state index contributed by atoms with van der Waals surface area (Å²) in [5, 5.41) is 0. The van der Waals surface area contributed by atoms with Crippen LogP contribution in [0, 0.1) is 6.92 Å². The number of amides is 2. The van der Waals surface area contributed by atoms with E-state index in [0.717, 1.165) is 23.2 Å². The van der Waals surface area contributed by atoms with Crippen LogP contribution in [0.1, 0.15) is 18.1 Å². The third-order valence-corrected chi connectivity index (χ3v) is 3.37. The first-order valence-corrected chi connectivity index (χ1v) is 6.19. The second kappa shape index (κ2) is 4.45. The molecule has 0 fully saturated rings. The summed E-state index contributed by atoms with van der Waals surface area (Å²) in [6, 6.07) is 5.78. The smallest absolute Gasteiger partial charge is 0.269 e. The van der Waals surface area contributed by atoms with E-state index in [1.54, 1.807) is 0 Å². The Kier molecular flexibility index (Phi) is 3.15. The number of hydrogen-bond acceptors (Lipinski definition) is 2. The highest BCUT2D eigenvalue weighted by Crippen LogP contribution is 2.31. The van der Waals surface area contributed by atoms with Gasteiger partial charge in [-0.15, -0.1) is 0 Å². The fourth-order valence-corrected chi connectivity index (χ4v) is 2.35.